The number of halogens is 1. The van der Waals surface area contributed by atoms with Crippen molar-refractivity contribution in [3.8, 4) is 0 Å². The van der Waals surface area contributed by atoms with Gasteiger partial charge < -0.3 is 10.6 Å². The molecule has 1 aromatic heterocycles. The van der Waals surface area contributed by atoms with Gasteiger partial charge in [-0.3, -0.25) is 4.98 Å². The van der Waals surface area contributed by atoms with Crippen molar-refractivity contribution >= 4 is 17.3 Å². The van der Waals surface area contributed by atoms with Crippen LogP contribution >= 0.6 is 11.6 Å². The zero-order valence-electron chi connectivity index (χ0n) is 8.86. The van der Waals surface area contributed by atoms with Crippen LogP contribution in [0, 0.1) is 5.92 Å². The predicted octanol–water partition coefficient (Wildman–Crippen LogP) is 1.91. The van der Waals surface area contributed by atoms with Crippen molar-refractivity contribution in [1.29, 1.82) is 0 Å². The van der Waals surface area contributed by atoms with Crippen molar-refractivity contribution in [2.75, 3.05) is 18.5 Å². The summed E-state index contributed by atoms with van der Waals surface area (Å²) in [6.07, 6.45) is 5.71. The second kappa shape index (κ2) is 4.37. The van der Waals surface area contributed by atoms with Gasteiger partial charge in [0.25, 0.3) is 0 Å². The van der Waals surface area contributed by atoms with E-state index in [0.717, 1.165) is 25.1 Å². The van der Waals surface area contributed by atoms with Gasteiger partial charge in [-0.05, 0) is 24.8 Å². The molecule has 1 saturated carbocycles. The molecule has 4 heteroatoms. The molecule has 1 aromatic rings. The summed E-state index contributed by atoms with van der Waals surface area (Å²) >= 11 is 6.06. The first kappa shape index (κ1) is 10.7. The van der Waals surface area contributed by atoms with E-state index >= 15 is 0 Å². The molecule has 1 heterocycles. The van der Waals surface area contributed by atoms with Gasteiger partial charge >= 0.3 is 0 Å². The number of rotatable bonds is 3. The lowest BCUT2D eigenvalue weighted by Crippen LogP contribution is -2.41. The van der Waals surface area contributed by atoms with Gasteiger partial charge in [-0.2, -0.15) is 0 Å². The van der Waals surface area contributed by atoms with Gasteiger partial charge in [-0.25, -0.2) is 0 Å². The van der Waals surface area contributed by atoms with E-state index in [2.05, 4.69) is 16.9 Å². The second-order valence-corrected chi connectivity index (χ2v) is 4.71. The number of anilines is 1. The van der Waals surface area contributed by atoms with Crippen LogP contribution in [-0.4, -0.2) is 24.6 Å². The highest BCUT2D eigenvalue weighted by Gasteiger charge is 2.27. The monoisotopic (exact) mass is 225 g/mol. The molecular formula is C11H16ClN3. The number of pyridine rings is 1. The number of aromatic nitrogens is 1. The number of nitrogens with two attached hydrogens (primary N) is 1. The van der Waals surface area contributed by atoms with E-state index in [1.807, 2.05) is 6.07 Å². The van der Waals surface area contributed by atoms with Crippen LogP contribution in [0.5, 0.6) is 0 Å². The van der Waals surface area contributed by atoms with Crippen molar-refractivity contribution in [1.82, 2.24) is 4.98 Å². The highest BCUT2D eigenvalue weighted by Crippen LogP contribution is 2.29. The maximum absolute atomic E-state index is 6.06. The number of hydrogen-bond acceptors (Lipinski definition) is 3. The Hall–Kier alpha value is -0.800. The third-order valence-electron chi connectivity index (χ3n) is 2.97. The van der Waals surface area contributed by atoms with E-state index in [9.17, 15) is 0 Å². The third kappa shape index (κ3) is 2.41. The molecule has 1 aliphatic carbocycles. The Morgan fingerprint density at radius 3 is 2.93 bits per heavy atom. The molecule has 1 aliphatic rings. The molecule has 0 amide bonds. The van der Waals surface area contributed by atoms with Crippen molar-refractivity contribution in [3.05, 3.63) is 23.5 Å². The Labute approximate surface area is 95.2 Å². The lowest BCUT2D eigenvalue weighted by molar-refractivity contribution is 0.271. The molecule has 0 spiro atoms. The molecule has 2 rings (SSSR count). The fourth-order valence-corrected chi connectivity index (χ4v) is 2.36. The molecule has 1 fully saturated rings. The van der Waals surface area contributed by atoms with Gasteiger partial charge in [-0.15, -0.1) is 0 Å². The minimum Gasteiger partial charge on any atom is -0.373 e. The molecule has 0 saturated heterocycles. The topological polar surface area (TPSA) is 42.1 Å². The Bertz CT molecular complexity index is 336. The van der Waals surface area contributed by atoms with Crippen LogP contribution in [-0.2, 0) is 0 Å². The zero-order valence-corrected chi connectivity index (χ0v) is 9.61. The minimum atomic E-state index is 0.413. The molecule has 15 heavy (non-hydrogen) atoms. The summed E-state index contributed by atoms with van der Waals surface area (Å²) in [7, 11) is 2.06. The summed E-state index contributed by atoms with van der Waals surface area (Å²) in [5, 5.41) is 0.712. The van der Waals surface area contributed by atoms with Crippen molar-refractivity contribution in [2.24, 2.45) is 11.7 Å². The summed E-state index contributed by atoms with van der Waals surface area (Å²) in [6, 6.07) is 2.36. The van der Waals surface area contributed by atoms with Crippen LogP contribution in [0.4, 0.5) is 5.69 Å². The highest BCUT2D eigenvalue weighted by molar-refractivity contribution is 6.33. The lowest BCUT2D eigenvalue weighted by atomic mass is 9.80. The average molecular weight is 226 g/mol. The van der Waals surface area contributed by atoms with E-state index in [1.165, 1.54) is 0 Å². The average Bonchev–Trinajstić information content (AvgIpc) is 2.16. The van der Waals surface area contributed by atoms with Crippen LogP contribution in [0.15, 0.2) is 18.5 Å². The summed E-state index contributed by atoms with van der Waals surface area (Å²) in [5.74, 6) is 0.717. The van der Waals surface area contributed by atoms with Gasteiger partial charge in [0.2, 0.25) is 0 Å². The normalized spacial score (nSPS) is 24.7. The zero-order chi connectivity index (χ0) is 10.8. The molecule has 0 aliphatic heterocycles. The first-order chi connectivity index (χ1) is 7.16. The predicted molar refractivity (Wildman–Crippen MR) is 63.2 cm³/mol. The van der Waals surface area contributed by atoms with Crippen LogP contribution in [0.25, 0.3) is 0 Å². The molecule has 0 radical (unpaired) electrons. The van der Waals surface area contributed by atoms with E-state index in [1.54, 1.807) is 12.4 Å². The second-order valence-electron chi connectivity index (χ2n) is 4.31. The maximum Gasteiger partial charge on any atom is 0.0822 e. The molecule has 3 nitrogen and oxygen atoms in total. The highest BCUT2D eigenvalue weighted by atomic mass is 35.5. The summed E-state index contributed by atoms with van der Waals surface area (Å²) in [6.45, 7) is 1.03. The Kier molecular flexibility index (Phi) is 3.12. The Morgan fingerprint density at radius 2 is 2.33 bits per heavy atom. The smallest absolute Gasteiger partial charge is 0.0822 e. The fourth-order valence-electron chi connectivity index (χ4n) is 2.10. The van der Waals surface area contributed by atoms with E-state index in [4.69, 9.17) is 17.3 Å². The maximum atomic E-state index is 6.06. The lowest BCUT2D eigenvalue weighted by Gasteiger charge is -2.36. The minimum absolute atomic E-state index is 0.413. The van der Waals surface area contributed by atoms with Crippen LogP contribution in [0.1, 0.15) is 12.8 Å². The van der Waals surface area contributed by atoms with Crippen molar-refractivity contribution in [2.45, 2.75) is 18.9 Å². The van der Waals surface area contributed by atoms with Gasteiger partial charge in [0.15, 0.2) is 0 Å². The van der Waals surface area contributed by atoms with E-state index in [-0.39, 0.29) is 0 Å². The quantitative estimate of drug-likeness (QED) is 0.855. The molecule has 2 N–H and O–H groups in total. The fraction of sp³-hybridized carbons (Fsp3) is 0.545. The van der Waals surface area contributed by atoms with Gasteiger partial charge in [0.1, 0.15) is 0 Å². The van der Waals surface area contributed by atoms with Gasteiger partial charge in [0.05, 0.1) is 10.7 Å². The van der Waals surface area contributed by atoms with E-state index < -0.39 is 0 Å². The molecule has 0 unspecified atom stereocenters. The summed E-state index contributed by atoms with van der Waals surface area (Å²) in [4.78, 5) is 6.16. The van der Waals surface area contributed by atoms with Crippen molar-refractivity contribution < 1.29 is 0 Å². The third-order valence-corrected chi connectivity index (χ3v) is 3.26. The van der Waals surface area contributed by atoms with Crippen LogP contribution in [0.3, 0.4) is 0 Å². The SMILES string of the molecule is CN(CC1CC(N)C1)c1ccncc1Cl. The molecule has 0 bridgehead atoms. The Balaban J connectivity index is 1.96. The Morgan fingerprint density at radius 1 is 1.60 bits per heavy atom. The summed E-state index contributed by atoms with van der Waals surface area (Å²) in [5.41, 5.74) is 6.81. The first-order valence-electron chi connectivity index (χ1n) is 5.23. The van der Waals surface area contributed by atoms with Crippen LogP contribution in [0.2, 0.25) is 5.02 Å². The molecule has 0 atom stereocenters. The standard InChI is InChI=1S/C11H16ClN3/c1-15(7-8-4-9(13)5-8)11-2-3-14-6-10(11)12/h2-3,6,8-9H,4-5,7,13H2,1H3. The molecule has 82 valence electrons. The summed E-state index contributed by atoms with van der Waals surface area (Å²) < 4.78 is 0. The molecular weight excluding hydrogens is 210 g/mol. The molecule has 0 aromatic carbocycles. The first-order valence-corrected chi connectivity index (χ1v) is 5.61. The van der Waals surface area contributed by atoms with Gasteiger partial charge in [-0.1, -0.05) is 11.6 Å². The van der Waals surface area contributed by atoms with Gasteiger partial charge in [0, 0.05) is 32.0 Å². The largest absolute Gasteiger partial charge is 0.373 e. The van der Waals surface area contributed by atoms with Crippen LogP contribution < -0.4 is 10.6 Å². The number of nitrogens with zero attached hydrogens (tertiary/aromatic N) is 2. The van der Waals surface area contributed by atoms with Crippen molar-refractivity contribution in [3.63, 3.8) is 0 Å². The van der Waals surface area contributed by atoms with E-state index in [0.29, 0.717) is 17.0 Å². The number of hydrogen-bond donors (Lipinski definition) is 1.